The Morgan fingerprint density at radius 3 is 2.75 bits per heavy atom. The predicted molar refractivity (Wildman–Crippen MR) is 148 cm³/mol. The summed E-state index contributed by atoms with van der Waals surface area (Å²) in [6.07, 6.45) is 5.46. The number of rotatable bonds is 8. The summed E-state index contributed by atoms with van der Waals surface area (Å²) in [6, 6.07) is 14.3. The van der Waals surface area contributed by atoms with Crippen LogP contribution in [0.1, 0.15) is 24.0 Å². The molecule has 2 aromatic carbocycles. The van der Waals surface area contributed by atoms with Crippen molar-refractivity contribution >= 4 is 11.7 Å². The highest BCUT2D eigenvalue weighted by Crippen LogP contribution is 2.35. The Labute approximate surface area is 232 Å². The molecule has 2 aromatic heterocycles. The minimum absolute atomic E-state index is 0.246. The molecule has 1 atom stereocenters. The lowest BCUT2D eigenvalue weighted by molar-refractivity contribution is 0.148. The van der Waals surface area contributed by atoms with Crippen LogP contribution in [-0.2, 0) is 11.2 Å². The summed E-state index contributed by atoms with van der Waals surface area (Å²) in [5.74, 6) is 0.404. The predicted octanol–water partition coefficient (Wildman–Crippen LogP) is 4.69. The normalized spacial score (nSPS) is 15.5. The van der Waals surface area contributed by atoms with Crippen LogP contribution in [0.15, 0.2) is 54.9 Å². The molecule has 1 aliphatic rings. The van der Waals surface area contributed by atoms with E-state index in [2.05, 4.69) is 33.1 Å². The van der Waals surface area contributed by atoms with Gasteiger partial charge in [-0.3, -0.25) is 4.40 Å². The van der Waals surface area contributed by atoms with Crippen LogP contribution >= 0.6 is 0 Å². The van der Waals surface area contributed by atoms with E-state index in [9.17, 15) is 10.1 Å². The third-order valence-corrected chi connectivity index (χ3v) is 7.15. The summed E-state index contributed by atoms with van der Waals surface area (Å²) in [5, 5.41) is 11.9. The second-order valence-electron chi connectivity index (χ2n) is 9.98. The zero-order valence-corrected chi connectivity index (χ0v) is 22.6. The number of hydrogen-bond donors (Lipinski definition) is 1. The molecule has 0 spiro atoms. The number of piperidine rings is 1. The molecule has 0 saturated carbocycles. The number of benzene rings is 2. The molecule has 40 heavy (non-hydrogen) atoms. The molecule has 1 N–H and O–H groups in total. The van der Waals surface area contributed by atoms with Crippen LogP contribution in [0.2, 0.25) is 0 Å². The van der Waals surface area contributed by atoms with Crippen molar-refractivity contribution in [3.05, 3.63) is 71.8 Å². The summed E-state index contributed by atoms with van der Waals surface area (Å²) >= 11 is 0. The standard InChI is InChI=1S/C30H31FN6O3/c1-36-14-3-4-21(18-36)19-40-29-28-33-13-15-37(28)27(26(35-29)23-7-5-20(17-32)6-8-23)24-10-9-22(25(31)16-24)11-12-34-30(38)39-2/h5-10,13,15-16,21H,3-4,11-12,14,18-19H2,1-2H3,(H,34,38)/t21-/m1/s1. The van der Waals surface area contributed by atoms with Gasteiger partial charge in [-0.05, 0) is 56.6 Å². The molecule has 206 valence electrons. The fourth-order valence-electron chi connectivity index (χ4n) is 5.11. The van der Waals surface area contributed by atoms with Crippen molar-refractivity contribution < 1.29 is 18.7 Å². The number of alkyl carbamates (subject to hydrolysis) is 1. The van der Waals surface area contributed by atoms with E-state index >= 15 is 4.39 Å². The van der Waals surface area contributed by atoms with Gasteiger partial charge < -0.3 is 19.7 Å². The first-order valence-electron chi connectivity index (χ1n) is 13.3. The minimum atomic E-state index is -0.560. The van der Waals surface area contributed by atoms with Gasteiger partial charge in [0.15, 0.2) is 0 Å². The largest absolute Gasteiger partial charge is 0.475 e. The highest BCUT2D eigenvalue weighted by atomic mass is 19.1. The van der Waals surface area contributed by atoms with Gasteiger partial charge in [-0.2, -0.15) is 5.26 Å². The number of carbonyl (C=O) groups is 1. The lowest BCUT2D eigenvalue weighted by atomic mass is 9.99. The first kappa shape index (κ1) is 27.1. The molecule has 9 nitrogen and oxygen atoms in total. The van der Waals surface area contributed by atoms with Crippen LogP contribution in [0.4, 0.5) is 9.18 Å². The third kappa shape index (κ3) is 5.90. The van der Waals surface area contributed by atoms with E-state index in [4.69, 9.17) is 9.72 Å². The Morgan fingerprint density at radius 2 is 2.02 bits per heavy atom. The fourth-order valence-corrected chi connectivity index (χ4v) is 5.11. The number of halogens is 1. The van der Waals surface area contributed by atoms with Crippen LogP contribution in [0.25, 0.3) is 28.2 Å². The summed E-state index contributed by atoms with van der Waals surface area (Å²) in [6.45, 7) is 2.82. The Kier molecular flexibility index (Phi) is 8.22. The molecule has 0 bridgehead atoms. The Balaban J connectivity index is 1.54. The topological polar surface area (TPSA) is 105 Å². The number of likely N-dealkylation sites (tertiary alicyclic amines) is 1. The lowest BCUT2D eigenvalue weighted by Gasteiger charge is -2.29. The van der Waals surface area contributed by atoms with Crippen molar-refractivity contribution in [1.82, 2.24) is 24.6 Å². The molecule has 1 aliphatic heterocycles. The number of carbonyl (C=O) groups excluding carboxylic acids is 1. The average Bonchev–Trinajstić information content (AvgIpc) is 3.46. The van der Waals surface area contributed by atoms with Gasteiger partial charge >= 0.3 is 6.09 Å². The van der Waals surface area contributed by atoms with Gasteiger partial charge in [-0.25, -0.2) is 19.2 Å². The number of ether oxygens (including phenoxy) is 2. The molecule has 1 amide bonds. The zero-order valence-electron chi connectivity index (χ0n) is 22.6. The van der Waals surface area contributed by atoms with Crippen molar-refractivity contribution in [2.45, 2.75) is 19.3 Å². The van der Waals surface area contributed by atoms with Crippen molar-refractivity contribution in [3.63, 3.8) is 0 Å². The maximum Gasteiger partial charge on any atom is 0.406 e. The lowest BCUT2D eigenvalue weighted by Crippen LogP contribution is -2.34. The van der Waals surface area contributed by atoms with E-state index in [0.717, 1.165) is 31.5 Å². The molecule has 0 radical (unpaired) electrons. The molecule has 0 unspecified atom stereocenters. The van der Waals surface area contributed by atoms with Gasteiger partial charge in [0.05, 0.1) is 36.7 Å². The number of nitriles is 1. The number of fused-ring (bicyclic) bond motifs is 1. The quantitative estimate of drug-likeness (QED) is 0.344. The second-order valence-corrected chi connectivity index (χ2v) is 9.98. The van der Waals surface area contributed by atoms with Gasteiger partial charge in [-0.15, -0.1) is 0 Å². The number of nitrogens with one attached hydrogen (secondary N) is 1. The minimum Gasteiger partial charge on any atom is -0.475 e. The first-order chi connectivity index (χ1) is 19.5. The molecule has 4 aromatic rings. The summed E-state index contributed by atoms with van der Waals surface area (Å²) < 4.78 is 28.0. The van der Waals surface area contributed by atoms with Crippen LogP contribution in [0.3, 0.4) is 0 Å². The molecule has 10 heteroatoms. The third-order valence-electron chi connectivity index (χ3n) is 7.15. The number of methoxy groups -OCH3 is 1. The smallest absolute Gasteiger partial charge is 0.406 e. The van der Waals surface area contributed by atoms with E-state index in [1.165, 1.54) is 13.2 Å². The molecular weight excluding hydrogens is 511 g/mol. The summed E-state index contributed by atoms with van der Waals surface area (Å²) in [5.41, 5.74) is 4.15. The molecule has 5 rings (SSSR count). The summed E-state index contributed by atoms with van der Waals surface area (Å²) in [4.78, 5) is 23.1. The van der Waals surface area contributed by atoms with Crippen LogP contribution in [0, 0.1) is 23.1 Å². The number of nitrogens with zero attached hydrogens (tertiary/aromatic N) is 5. The maximum absolute atomic E-state index is 15.3. The van der Waals surface area contributed by atoms with Crippen molar-refractivity contribution in [2.75, 3.05) is 40.4 Å². The molecular formula is C30H31FN6O3. The van der Waals surface area contributed by atoms with Gasteiger partial charge in [-0.1, -0.05) is 24.3 Å². The Bertz CT molecular complexity index is 1550. The SMILES string of the molecule is COC(=O)NCCc1ccc(-c2c(-c3ccc(C#N)cc3)nc(OC[C@@H]3CCCN(C)C3)c3nccn23)cc1F. The Hall–Kier alpha value is -4.49. The van der Waals surface area contributed by atoms with E-state index < -0.39 is 11.9 Å². The number of imidazole rings is 1. The van der Waals surface area contributed by atoms with E-state index in [0.29, 0.717) is 58.6 Å². The number of hydrogen-bond acceptors (Lipinski definition) is 7. The monoisotopic (exact) mass is 542 g/mol. The Morgan fingerprint density at radius 1 is 1.23 bits per heavy atom. The first-order valence-corrected chi connectivity index (χ1v) is 13.3. The molecule has 1 fully saturated rings. The average molecular weight is 543 g/mol. The van der Waals surface area contributed by atoms with Crippen LogP contribution in [-0.4, -0.2) is 65.8 Å². The zero-order chi connectivity index (χ0) is 28.1. The van der Waals surface area contributed by atoms with Gasteiger partial charge in [0, 0.05) is 42.5 Å². The van der Waals surface area contributed by atoms with Gasteiger partial charge in [0.25, 0.3) is 5.88 Å². The number of amides is 1. The van der Waals surface area contributed by atoms with Crippen molar-refractivity contribution in [2.24, 2.45) is 5.92 Å². The van der Waals surface area contributed by atoms with Crippen molar-refractivity contribution in [3.8, 4) is 34.5 Å². The van der Waals surface area contributed by atoms with Gasteiger partial charge in [0.1, 0.15) is 5.82 Å². The molecule has 1 saturated heterocycles. The maximum atomic E-state index is 15.3. The summed E-state index contributed by atoms with van der Waals surface area (Å²) in [7, 11) is 3.40. The van der Waals surface area contributed by atoms with Crippen LogP contribution in [0.5, 0.6) is 5.88 Å². The highest BCUT2D eigenvalue weighted by Gasteiger charge is 2.22. The number of aromatic nitrogens is 3. The second kappa shape index (κ2) is 12.1. The molecule has 3 heterocycles. The van der Waals surface area contributed by atoms with E-state index in [-0.39, 0.29) is 6.54 Å². The fraction of sp³-hybridized carbons (Fsp3) is 0.333. The molecule has 0 aliphatic carbocycles. The van der Waals surface area contributed by atoms with Crippen molar-refractivity contribution in [1.29, 1.82) is 5.26 Å². The van der Waals surface area contributed by atoms with Gasteiger partial charge in [0.2, 0.25) is 5.65 Å². The highest BCUT2D eigenvalue weighted by molar-refractivity contribution is 5.81. The van der Waals surface area contributed by atoms with E-state index in [1.807, 2.05) is 28.8 Å². The van der Waals surface area contributed by atoms with Crippen LogP contribution < -0.4 is 10.1 Å². The van der Waals surface area contributed by atoms with E-state index in [1.54, 1.807) is 24.4 Å².